The fourth-order valence-corrected chi connectivity index (χ4v) is 8.32. The zero-order chi connectivity index (χ0) is 36.9. The van der Waals surface area contributed by atoms with Crippen LogP contribution in [-0.2, 0) is 34.1 Å². The number of hydrogen-bond acceptors (Lipinski definition) is 9. The number of phenolic OH excluding ortho intramolecular Hbond substituents is 1. The van der Waals surface area contributed by atoms with E-state index in [4.69, 9.17) is 9.47 Å². The highest BCUT2D eigenvalue weighted by Gasteiger charge is 2.75. The number of aromatic hydroxyl groups is 1. The molecule has 2 saturated heterocycles. The Bertz CT molecular complexity index is 2040. The third-order valence-electron chi connectivity index (χ3n) is 10.4. The van der Waals surface area contributed by atoms with E-state index in [1.54, 1.807) is 49.1 Å². The van der Waals surface area contributed by atoms with Crippen molar-refractivity contribution in [3.05, 3.63) is 131 Å². The van der Waals surface area contributed by atoms with Crippen LogP contribution in [0.2, 0.25) is 0 Å². The van der Waals surface area contributed by atoms with Gasteiger partial charge in [-0.25, -0.2) is 14.5 Å². The maximum atomic E-state index is 15.5. The number of carboxylic acids is 1. The molecule has 266 valence electrons. The number of nitrogens with zero attached hydrogens (tertiary/aromatic N) is 2. The quantitative estimate of drug-likeness (QED) is 0.222. The summed E-state index contributed by atoms with van der Waals surface area (Å²) in [6.45, 7) is 3.41. The van der Waals surface area contributed by atoms with Crippen molar-refractivity contribution in [3.8, 4) is 5.75 Å². The number of imide groups is 1. The number of esters is 2. The summed E-state index contributed by atoms with van der Waals surface area (Å²) in [5, 5.41) is 24.2. The number of amides is 3. The largest absolute Gasteiger partial charge is 0.508 e. The van der Waals surface area contributed by atoms with Gasteiger partial charge in [0.2, 0.25) is 5.91 Å². The summed E-state index contributed by atoms with van der Waals surface area (Å²) in [6.07, 6.45) is -0.922. The Morgan fingerprint density at radius 2 is 1.40 bits per heavy atom. The van der Waals surface area contributed by atoms with Crippen molar-refractivity contribution in [1.29, 1.82) is 0 Å². The molecule has 0 radical (unpaired) electrons. The van der Waals surface area contributed by atoms with Gasteiger partial charge in [-0.1, -0.05) is 105 Å². The molecule has 3 aliphatic rings. The Morgan fingerprint density at radius 3 is 2.00 bits per heavy atom. The standard InChI is InChI=1S/C40H37N3O9/c1-22(2)30(36(47)51-3)41-39(50)42-28-17-11-10-16-27(28)40(38(42)49)29(35(45)46)32-37(48)52-33(24-14-8-5-9-15-24)31(23-12-6-4-7-13-23)43(32)34(40)25-18-20-26(44)21-19-25/h4-22,29-34,44H,1-3H3,(H,41,50)(H,45,46)/t29-,30+,31-,32-,33+,34+,40-/m1/s1. The average Bonchev–Trinajstić information content (AvgIpc) is 3.61. The molecule has 0 aromatic heterocycles. The predicted octanol–water partition coefficient (Wildman–Crippen LogP) is 5.05. The Balaban J connectivity index is 1.51. The summed E-state index contributed by atoms with van der Waals surface area (Å²) >= 11 is 0. The first-order chi connectivity index (χ1) is 25.0. The summed E-state index contributed by atoms with van der Waals surface area (Å²) < 4.78 is 11.1. The Morgan fingerprint density at radius 1 is 0.808 bits per heavy atom. The molecule has 1 spiro atoms. The van der Waals surface area contributed by atoms with Crippen LogP contribution in [0.25, 0.3) is 0 Å². The third kappa shape index (κ3) is 5.20. The fraction of sp³-hybridized carbons (Fsp3) is 0.275. The second-order valence-corrected chi connectivity index (χ2v) is 13.5. The number of methoxy groups -OCH3 is 1. The summed E-state index contributed by atoms with van der Waals surface area (Å²) in [4.78, 5) is 73.4. The van der Waals surface area contributed by atoms with Crippen LogP contribution in [0.4, 0.5) is 10.5 Å². The fourth-order valence-electron chi connectivity index (χ4n) is 8.32. The molecule has 3 aliphatic heterocycles. The van der Waals surface area contributed by atoms with Crippen molar-refractivity contribution >= 4 is 35.5 Å². The lowest BCUT2D eigenvalue weighted by atomic mass is 9.65. The molecular formula is C40H37N3O9. The van der Waals surface area contributed by atoms with Gasteiger partial charge >= 0.3 is 23.9 Å². The first-order valence-corrected chi connectivity index (χ1v) is 16.9. The highest BCUT2D eigenvalue weighted by Crippen LogP contribution is 2.65. The molecular weight excluding hydrogens is 666 g/mol. The van der Waals surface area contributed by atoms with Crippen LogP contribution >= 0.6 is 0 Å². The van der Waals surface area contributed by atoms with Crippen molar-refractivity contribution in [2.75, 3.05) is 12.0 Å². The van der Waals surface area contributed by atoms with Gasteiger partial charge in [0, 0.05) is 0 Å². The monoisotopic (exact) mass is 703 g/mol. The minimum atomic E-state index is -2.09. The number of nitrogens with one attached hydrogen (secondary N) is 1. The number of carbonyl (C=O) groups excluding carboxylic acids is 4. The Kier molecular flexibility index (Phi) is 8.79. The molecule has 3 heterocycles. The van der Waals surface area contributed by atoms with Gasteiger partial charge < -0.3 is 25.0 Å². The van der Waals surface area contributed by atoms with E-state index in [0.717, 1.165) is 4.90 Å². The predicted molar refractivity (Wildman–Crippen MR) is 187 cm³/mol. The molecule has 3 N–H and O–H groups in total. The molecule has 3 amide bonds. The highest BCUT2D eigenvalue weighted by atomic mass is 16.6. The van der Waals surface area contributed by atoms with E-state index in [9.17, 15) is 29.4 Å². The summed E-state index contributed by atoms with van der Waals surface area (Å²) in [5.41, 5.74) is 0.0140. The first kappa shape index (κ1) is 34.4. The van der Waals surface area contributed by atoms with E-state index in [0.29, 0.717) is 16.7 Å². The number of fused-ring (bicyclic) bond motifs is 3. The summed E-state index contributed by atoms with van der Waals surface area (Å²) in [7, 11) is 1.19. The van der Waals surface area contributed by atoms with Gasteiger partial charge in [-0.15, -0.1) is 0 Å². The molecule has 7 rings (SSSR count). The first-order valence-electron chi connectivity index (χ1n) is 16.9. The van der Waals surface area contributed by atoms with Crippen LogP contribution in [0.3, 0.4) is 0 Å². The van der Waals surface area contributed by atoms with E-state index in [1.165, 1.54) is 25.3 Å². The molecule has 7 atom stereocenters. The number of ether oxygens (including phenoxy) is 2. The summed E-state index contributed by atoms with van der Waals surface area (Å²) in [6, 6.07) is 25.1. The zero-order valence-corrected chi connectivity index (χ0v) is 28.6. The number of urea groups is 1. The molecule has 12 nitrogen and oxygen atoms in total. The van der Waals surface area contributed by atoms with E-state index < -0.39 is 77.4 Å². The van der Waals surface area contributed by atoms with E-state index in [1.807, 2.05) is 60.7 Å². The average molecular weight is 704 g/mol. The van der Waals surface area contributed by atoms with Gasteiger partial charge in [0.1, 0.15) is 35.3 Å². The van der Waals surface area contributed by atoms with E-state index >= 15 is 4.79 Å². The topological polar surface area (TPSA) is 163 Å². The molecule has 2 fully saturated rings. The molecule has 0 unspecified atom stereocenters. The zero-order valence-electron chi connectivity index (χ0n) is 28.6. The third-order valence-corrected chi connectivity index (χ3v) is 10.4. The Hall–Kier alpha value is -6.01. The number of cyclic esters (lactones) is 1. The van der Waals surface area contributed by atoms with Gasteiger partial charge in [-0.2, -0.15) is 0 Å². The van der Waals surface area contributed by atoms with Crippen LogP contribution in [0.15, 0.2) is 109 Å². The number of carboxylic acid groups (broad SMARTS) is 1. The van der Waals surface area contributed by atoms with Crippen molar-refractivity contribution in [1.82, 2.24) is 10.2 Å². The van der Waals surface area contributed by atoms with Gasteiger partial charge in [-0.3, -0.25) is 19.3 Å². The van der Waals surface area contributed by atoms with Crippen molar-refractivity contribution < 1.29 is 43.7 Å². The molecule has 4 aromatic carbocycles. The van der Waals surface area contributed by atoms with Gasteiger partial charge in [-0.05, 0) is 46.4 Å². The molecule has 0 saturated carbocycles. The maximum absolute atomic E-state index is 15.5. The van der Waals surface area contributed by atoms with Gasteiger partial charge in [0.05, 0.1) is 24.9 Å². The minimum absolute atomic E-state index is 0.0661. The number of carbonyl (C=O) groups is 5. The Labute approximate surface area is 299 Å². The van der Waals surface area contributed by atoms with Crippen LogP contribution in [0, 0.1) is 11.8 Å². The summed E-state index contributed by atoms with van der Waals surface area (Å²) in [5.74, 6) is -6.15. The van der Waals surface area contributed by atoms with Crippen LogP contribution in [-0.4, -0.2) is 64.2 Å². The van der Waals surface area contributed by atoms with Crippen LogP contribution in [0.5, 0.6) is 5.75 Å². The molecule has 0 aliphatic carbocycles. The van der Waals surface area contributed by atoms with Crippen LogP contribution in [0.1, 0.15) is 54.3 Å². The van der Waals surface area contributed by atoms with Crippen molar-refractivity contribution in [2.24, 2.45) is 11.8 Å². The highest BCUT2D eigenvalue weighted by molar-refractivity contribution is 6.24. The number of aliphatic carboxylic acids is 1. The number of anilines is 1. The molecule has 52 heavy (non-hydrogen) atoms. The van der Waals surface area contributed by atoms with Gasteiger partial charge in [0.25, 0.3) is 0 Å². The number of phenols is 1. The molecule has 12 heteroatoms. The second-order valence-electron chi connectivity index (χ2n) is 13.5. The normalized spacial score (nSPS) is 25.7. The lowest BCUT2D eigenvalue weighted by Crippen LogP contribution is -2.56. The number of para-hydroxylation sites is 1. The smallest absolute Gasteiger partial charge is 0.329 e. The second kappa shape index (κ2) is 13.3. The number of hydrogen-bond donors (Lipinski definition) is 3. The lowest BCUT2D eigenvalue weighted by Gasteiger charge is -2.46. The number of morpholine rings is 1. The van der Waals surface area contributed by atoms with Gasteiger partial charge in [0.15, 0.2) is 0 Å². The van der Waals surface area contributed by atoms with Crippen molar-refractivity contribution in [3.63, 3.8) is 0 Å². The lowest BCUT2D eigenvalue weighted by molar-refractivity contribution is -0.179. The van der Waals surface area contributed by atoms with Crippen molar-refractivity contribution in [2.45, 2.75) is 49.5 Å². The minimum Gasteiger partial charge on any atom is -0.508 e. The number of benzene rings is 4. The molecule has 0 bridgehead atoms. The number of rotatable bonds is 7. The van der Waals surface area contributed by atoms with Crippen LogP contribution < -0.4 is 10.2 Å². The van der Waals surface area contributed by atoms with E-state index in [-0.39, 0.29) is 17.0 Å². The SMILES string of the molecule is COC(=O)[C@@H](NC(=O)N1C(=O)[C@@]2(c3ccccc31)[C@H](c1ccc(O)cc1)N1[C@H](c3ccccc3)[C@H](c3ccccc3)OC(=O)[C@H]1[C@@H]2C(=O)O)C(C)C. The maximum Gasteiger partial charge on any atom is 0.329 e. The molecule has 4 aromatic rings. The van der Waals surface area contributed by atoms with E-state index in [2.05, 4.69) is 5.32 Å².